The molecule has 0 bridgehead atoms. The quantitative estimate of drug-likeness (QED) is 0.870. The maximum absolute atomic E-state index is 11.5. The standard InChI is InChI=1S/C16H30N2O3/c1-16(2,3)18(15(19)20)14-6-4-13(5-7-14)12-17-8-10-21-11-9-17/h13-14H,4-12H2,1-3H3,(H,19,20)/t13-,14-. The van der Waals surface area contributed by atoms with Crippen molar-refractivity contribution in [2.45, 2.75) is 58.0 Å². The van der Waals surface area contributed by atoms with E-state index >= 15 is 0 Å². The first-order valence-corrected chi connectivity index (χ1v) is 8.20. The van der Waals surface area contributed by atoms with Gasteiger partial charge >= 0.3 is 6.09 Å². The second-order valence-corrected chi connectivity index (χ2v) is 7.41. The normalized spacial score (nSPS) is 28.3. The highest BCUT2D eigenvalue weighted by Crippen LogP contribution is 2.32. The Labute approximate surface area is 128 Å². The first kappa shape index (κ1) is 16.6. The molecule has 0 aromatic rings. The Hall–Kier alpha value is -0.810. The number of carbonyl (C=O) groups is 1. The van der Waals surface area contributed by atoms with E-state index in [1.165, 1.54) is 0 Å². The van der Waals surface area contributed by atoms with Gasteiger partial charge in [-0.15, -0.1) is 0 Å². The van der Waals surface area contributed by atoms with Crippen molar-refractivity contribution in [1.29, 1.82) is 0 Å². The van der Waals surface area contributed by atoms with Gasteiger partial charge in [-0.3, -0.25) is 4.90 Å². The van der Waals surface area contributed by atoms with Gasteiger partial charge in [0, 0.05) is 31.2 Å². The topological polar surface area (TPSA) is 53.0 Å². The molecule has 0 atom stereocenters. The summed E-state index contributed by atoms with van der Waals surface area (Å²) in [6.07, 6.45) is 3.50. The van der Waals surface area contributed by atoms with Crippen LogP contribution in [0.15, 0.2) is 0 Å². The Kier molecular flexibility index (Phi) is 5.49. The van der Waals surface area contributed by atoms with Crippen molar-refractivity contribution in [2.24, 2.45) is 5.92 Å². The maximum atomic E-state index is 11.5. The number of amides is 1. The van der Waals surface area contributed by atoms with Crippen LogP contribution in [0.25, 0.3) is 0 Å². The van der Waals surface area contributed by atoms with Crippen LogP contribution in [-0.2, 0) is 4.74 Å². The zero-order valence-corrected chi connectivity index (χ0v) is 13.7. The minimum absolute atomic E-state index is 0.184. The summed E-state index contributed by atoms with van der Waals surface area (Å²) in [6.45, 7) is 10.9. The molecular weight excluding hydrogens is 268 g/mol. The highest BCUT2D eigenvalue weighted by atomic mass is 16.5. The van der Waals surface area contributed by atoms with Gasteiger partial charge in [-0.2, -0.15) is 0 Å². The number of hydrogen-bond donors (Lipinski definition) is 1. The van der Waals surface area contributed by atoms with E-state index in [9.17, 15) is 9.90 Å². The van der Waals surface area contributed by atoms with Gasteiger partial charge in [0.2, 0.25) is 0 Å². The lowest BCUT2D eigenvalue weighted by atomic mass is 9.83. The lowest BCUT2D eigenvalue weighted by Gasteiger charge is -2.43. The molecule has 2 aliphatic rings. The molecule has 0 unspecified atom stereocenters. The molecule has 1 amide bonds. The Balaban J connectivity index is 1.83. The van der Waals surface area contributed by atoms with Crippen LogP contribution < -0.4 is 0 Å². The Morgan fingerprint density at radius 2 is 1.76 bits per heavy atom. The van der Waals surface area contributed by atoms with Crippen LogP contribution in [0.5, 0.6) is 0 Å². The summed E-state index contributed by atoms with van der Waals surface area (Å²) in [6, 6.07) is 0.184. The molecule has 0 aromatic heterocycles. The van der Waals surface area contributed by atoms with Crippen LogP contribution in [0.1, 0.15) is 46.5 Å². The largest absolute Gasteiger partial charge is 0.465 e. The third-order valence-electron chi connectivity index (χ3n) is 4.73. The van der Waals surface area contributed by atoms with Crippen LogP contribution in [0.2, 0.25) is 0 Å². The second-order valence-electron chi connectivity index (χ2n) is 7.41. The van der Waals surface area contributed by atoms with Crippen LogP contribution in [-0.4, -0.2) is 65.4 Å². The summed E-state index contributed by atoms with van der Waals surface area (Å²) in [5.74, 6) is 0.718. The lowest BCUT2D eigenvalue weighted by Crippen LogP contribution is -2.52. The first-order valence-electron chi connectivity index (χ1n) is 8.20. The smallest absolute Gasteiger partial charge is 0.407 e. The molecular formula is C16H30N2O3. The van der Waals surface area contributed by atoms with Gasteiger partial charge in [0.1, 0.15) is 0 Å². The predicted molar refractivity (Wildman–Crippen MR) is 82.6 cm³/mol. The minimum atomic E-state index is -0.779. The number of hydrogen-bond acceptors (Lipinski definition) is 3. The molecule has 0 spiro atoms. The molecule has 5 heteroatoms. The van der Waals surface area contributed by atoms with Crippen molar-refractivity contribution in [3.8, 4) is 0 Å². The Morgan fingerprint density at radius 1 is 1.19 bits per heavy atom. The molecule has 1 aliphatic carbocycles. The van der Waals surface area contributed by atoms with Gasteiger partial charge in [0.15, 0.2) is 0 Å². The van der Waals surface area contributed by atoms with E-state index in [0.29, 0.717) is 0 Å². The molecule has 1 heterocycles. The molecule has 5 nitrogen and oxygen atoms in total. The SMILES string of the molecule is CC(C)(C)N(C(=O)O)[C@H]1CC[C@H](CN2CCOCC2)CC1. The summed E-state index contributed by atoms with van der Waals surface area (Å²) >= 11 is 0. The molecule has 122 valence electrons. The van der Waals surface area contributed by atoms with Gasteiger partial charge < -0.3 is 14.7 Å². The highest BCUT2D eigenvalue weighted by molar-refractivity contribution is 5.66. The van der Waals surface area contributed by atoms with E-state index in [0.717, 1.165) is 64.4 Å². The highest BCUT2D eigenvalue weighted by Gasteiger charge is 2.35. The van der Waals surface area contributed by atoms with Crippen LogP contribution in [0.4, 0.5) is 4.79 Å². The molecule has 0 aromatic carbocycles. The Morgan fingerprint density at radius 3 is 2.24 bits per heavy atom. The number of rotatable bonds is 3. The minimum Gasteiger partial charge on any atom is -0.465 e. The summed E-state index contributed by atoms with van der Waals surface area (Å²) in [5, 5.41) is 9.49. The number of morpholine rings is 1. The van der Waals surface area contributed by atoms with Gasteiger partial charge in [-0.1, -0.05) is 0 Å². The zero-order valence-electron chi connectivity index (χ0n) is 13.7. The summed E-state index contributed by atoms with van der Waals surface area (Å²) in [5.41, 5.74) is -0.312. The fourth-order valence-corrected chi connectivity index (χ4v) is 3.73. The molecule has 21 heavy (non-hydrogen) atoms. The zero-order chi connectivity index (χ0) is 15.5. The van der Waals surface area contributed by atoms with Crippen molar-refractivity contribution in [2.75, 3.05) is 32.8 Å². The van der Waals surface area contributed by atoms with Crippen molar-refractivity contribution < 1.29 is 14.6 Å². The molecule has 0 radical (unpaired) electrons. The average Bonchev–Trinajstić information content (AvgIpc) is 2.40. The molecule has 1 saturated carbocycles. The Bertz CT molecular complexity index is 340. The van der Waals surface area contributed by atoms with E-state index in [1.54, 1.807) is 4.90 Å². The van der Waals surface area contributed by atoms with Crippen LogP contribution >= 0.6 is 0 Å². The molecule has 1 N–H and O–H groups in total. The molecule has 2 fully saturated rings. The summed E-state index contributed by atoms with van der Waals surface area (Å²) in [4.78, 5) is 15.7. The molecule has 1 aliphatic heterocycles. The first-order chi connectivity index (χ1) is 9.88. The monoisotopic (exact) mass is 298 g/mol. The van der Waals surface area contributed by atoms with Gasteiger partial charge in [0.05, 0.1) is 13.2 Å². The number of nitrogens with zero attached hydrogens (tertiary/aromatic N) is 2. The van der Waals surface area contributed by atoms with Gasteiger partial charge in [-0.05, 0) is 52.4 Å². The fraction of sp³-hybridized carbons (Fsp3) is 0.938. The van der Waals surface area contributed by atoms with E-state index in [1.807, 2.05) is 20.8 Å². The van der Waals surface area contributed by atoms with E-state index < -0.39 is 6.09 Å². The van der Waals surface area contributed by atoms with Gasteiger partial charge in [-0.25, -0.2) is 4.79 Å². The summed E-state index contributed by atoms with van der Waals surface area (Å²) in [7, 11) is 0. The van der Waals surface area contributed by atoms with E-state index in [4.69, 9.17) is 4.74 Å². The number of carboxylic acid groups (broad SMARTS) is 1. The summed E-state index contributed by atoms with van der Waals surface area (Å²) < 4.78 is 5.39. The number of ether oxygens (including phenoxy) is 1. The van der Waals surface area contributed by atoms with Crippen molar-refractivity contribution in [3.05, 3.63) is 0 Å². The molecule has 2 rings (SSSR count). The van der Waals surface area contributed by atoms with Crippen molar-refractivity contribution >= 4 is 6.09 Å². The molecule has 1 saturated heterocycles. The predicted octanol–water partition coefficient (Wildman–Crippen LogP) is 2.66. The third-order valence-corrected chi connectivity index (χ3v) is 4.73. The van der Waals surface area contributed by atoms with E-state index in [2.05, 4.69) is 4.90 Å². The third kappa shape index (κ3) is 4.58. The maximum Gasteiger partial charge on any atom is 0.407 e. The fourth-order valence-electron chi connectivity index (χ4n) is 3.73. The van der Waals surface area contributed by atoms with E-state index in [-0.39, 0.29) is 11.6 Å². The average molecular weight is 298 g/mol. The second kappa shape index (κ2) is 6.97. The van der Waals surface area contributed by atoms with Crippen LogP contribution in [0, 0.1) is 5.92 Å². The van der Waals surface area contributed by atoms with Crippen LogP contribution in [0.3, 0.4) is 0 Å². The van der Waals surface area contributed by atoms with Gasteiger partial charge in [0.25, 0.3) is 0 Å². The van der Waals surface area contributed by atoms with Crippen molar-refractivity contribution in [3.63, 3.8) is 0 Å². The lowest BCUT2D eigenvalue weighted by molar-refractivity contribution is 0.0187. The van der Waals surface area contributed by atoms with Crippen molar-refractivity contribution in [1.82, 2.24) is 9.80 Å².